The summed E-state index contributed by atoms with van der Waals surface area (Å²) in [6, 6.07) is 11.4. The van der Waals surface area contributed by atoms with Gasteiger partial charge < -0.3 is 19.6 Å². The minimum atomic E-state index is 0.0753. The smallest absolute Gasteiger partial charge is 0.222 e. The minimum absolute atomic E-state index is 0.0753. The molecule has 34 heavy (non-hydrogen) atoms. The van der Waals surface area contributed by atoms with E-state index in [4.69, 9.17) is 9.84 Å². The summed E-state index contributed by atoms with van der Waals surface area (Å²) in [7, 11) is 0. The van der Waals surface area contributed by atoms with Gasteiger partial charge in [-0.1, -0.05) is 30.3 Å². The molecule has 0 bridgehead atoms. The number of amides is 1. The second-order valence-electron chi connectivity index (χ2n) is 10.2. The molecule has 3 heterocycles. The van der Waals surface area contributed by atoms with Gasteiger partial charge in [-0.25, -0.2) is 0 Å². The van der Waals surface area contributed by atoms with Crippen LogP contribution >= 0.6 is 0 Å². The third-order valence-electron chi connectivity index (χ3n) is 7.88. The predicted molar refractivity (Wildman–Crippen MR) is 135 cm³/mol. The Morgan fingerprint density at radius 3 is 2.44 bits per heavy atom. The zero-order valence-electron chi connectivity index (χ0n) is 20.8. The topological polar surface area (TPSA) is 59.5 Å². The lowest BCUT2D eigenvalue weighted by molar-refractivity contribution is -0.133. The Balaban J connectivity index is 1.25. The van der Waals surface area contributed by atoms with Crippen molar-refractivity contribution < 1.29 is 14.6 Å². The molecule has 1 aromatic rings. The monoisotopic (exact) mass is 472 g/mol. The molecule has 3 saturated heterocycles. The van der Waals surface area contributed by atoms with Crippen LogP contribution in [0.5, 0.6) is 0 Å². The van der Waals surface area contributed by atoms with Crippen LogP contribution in [0.2, 0.25) is 0 Å². The fraction of sp³-hybridized carbons (Fsp3) is 0.741. The number of aliphatic hydroxyl groups excluding tert-OH is 1. The van der Waals surface area contributed by atoms with Gasteiger partial charge in [0.25, 0.3) is 0 Å². The number of ether oxygens (including phenoxy) is 1. The summed E-state index contributed by atoms with van der Waals surface area (Å²) in [6.45, 7) is 11.2. The average molecular weight is 473 g/mol. The summed E-state index contributed by atoms with van der Waals surface area (Å²) < 4.78 is 5.38. The Labute approximate surface area is 205 Å². The number of benzene rings is 1. The molecule has 2 atom stereocenters. The van der Waals surface area contributed by atoms with Crippen molar-refractivity contribution in [3.8, 4) is 0 Å². The second kappa shape index (κ2) is 13.5. The molecule has 1 amide bonds. The van der Waals surface area contributed by atoms with Gasteiger partial charge in [0.15, 0.2) is 0 Å². The Hall–Kier alpha value is -1.51. The minimum Gasteiger partial charge on any atom is -0.394 e. The Morgan fingerprint density at radius 2 is 1.71 bits per heavy atom. The van der Waals surface area contributed by atoms with E-state index in [0.717, 1.165) is 58.8 Å². The van der Waals surface area contributed by atoms with E-state index in [1.807, 2.05) is 0 Å². The molecule has 0 saturated carbocycles. The number of piperidine rings is 1. The first-order valence-electron chi connectivity index (χ1n) is 13.4. The number of hydrogen-bond acceptors (Lipinski definition) is 6. The molecule has 3 fully saturated rings. The molecular formula is C27H44N4O3. The van der Waals surface area contributed by atoms with Gasteiger partial charge in [-0.05, 0) is 56.8 Å². The van der Waals surface area contributed by atoms with Crippen molar-refractivity contribution in [3.05, 3.63) is 35.9 Å². The van der Waals surface area contributed by atoms with Gasteiger partial charge in [-0.15, -0.1) is 0 Å². The normalized spacial score (nSPS) is 25.1. The van der Waals surface area contributed by atoms with Crippen LogP contribution in [0.1, 0.15) is 37.7 Å². The molecule has 0 aromatic heterocycles. The molecule has 4 rings (SSSR count). The summed E-state index contributed by atoms with van der Waals surface area (Å²) >= 11 is 0. The zero-order chi connectivity index (χ0) is 23.6. The lowest BCUT2D eigenvalue weighted by Gasteiger charge is -2.43. The van der Waals surface area contributed by atoms with E-state index >= 15 is 0 Å². The van der Waals surface area contributed by atoms with Crippen molar-refractivity contribution in [1.29, 1.82) is 0 Å². The number of nitrogens with zero attached hydrogens (tertiary/aromatic N) is 4. The van der Waals surface area contributed by atoms with Crippen molar-refractivity contribution in [2.24, 2.45) is 5.92 Å². The van der Waals surface area contributed by atoms with Crippen LogP contribution < -0.4 is 0 Å². The standard InChI is InChI=1S/C27H44N4O3/c32-19-21-34-20-18-28-14-16-31(17-15-28)27(33)9-8-25-23-29(22-24-6-2-1-3-7-24)13-10-26(25)30-11-4-5-12-30/h1-3,6-7,25-26,32H,4-5,8-23H2/t25-,26+/m0/s1. The van der Waals surface area contributed by atoms with Crippen LogP contribution in [0.25, 0.3) is 0 Å². The number of aliphatic hydroxyl groups is 1. The van der Waals surface area contributed by atoms with E-state index in [0.29, 0.717) is 37.5 Å². The lowest BCUT2D eigenvalue weighted by Crippen LogP contribution is -2.51. The van der Waals surface area contributed by atoms with Gasteiger partial charge in [0.2, 0.25) is 5.91 Å². The van der Waals surface area contributed by atoms with Crippen molar-refractivity contribution in [1.82, 2.24) is 19.6 Å². The lowest BCUT2D eigenvalue weighted by atomic mass is 9.86. The van der Waals surface area contributed by atoms with E-state index in [9.17, 15) is 4.79 Å². The highest BCUT2D eigenvalue weighted by atomic mass is 16.5. The first kappa shape index (κ1) is 25.6. The molecule has 3 aliphatic heterocycles. The quantitative estimate of drug-likeness (QED) is 0.497. The number of rotatable bonds is 11. The largest absolute Gasteiger partial charge is 0.394 e. The Bertz CT molecular complexity index is 720. The van der Waals surface area contributed by atoms with Gasteiger partial charge in [0.1, 0.15) is 0 Å². The summed E-state index contributed by atoms with van der Waals surface area (Å²) in [5, 5.41) is 8.81. The van der Waals surface area contributed by atoms with Crippen LogP contribution in [0.3, 0.4) is 0 Å². The number of hydrogen-bond donors (Lipinski definition) is 1. The van der Waals surface area contributed by atoms with E-state index in [1.165, 1.54) is 37.9 Å². The molecule has 0 unspecified atom stereocenters. The molecule has 7 heteroatoms. The first-order valence-corrected chi connectivity index (χ1v) is 13.4. The summed E-state index contributed by atoms with van der Waals surface area (Å²) in [5.41, 5.74) is 1.39. The number of carbonyl (C=O) groups excluding carboxylic acids is 1. The second-order valence-corrected chi connectivity index (χ2v) is 10.2. The molecule has 0 radical (unpaired) electrons. The highest BCUT2D eigenvalue weighted by molar-refractivity contribution is 5.76. The van der Waals surface area contributed by atoms with E-state index in [2.05, 4.69) is 49.9 Å². The zero-order valence-corrected chi connectivity index (χ0v) is 20.8. The van der Waals surface area contributed by atoms with Gasteiger partial charge in [-0.2, -0.15) is 0 Å². The number of carbonyl (C=O) groups is 1. The molecule has 3 aliphatic rings. The third-order valence-corrected chi connectivity index (χ3v) is 7.88. The maximum atomic E-state index is 13.1. The van der Waals surface area contributed by atoms with Crippen LogP contribution in [-0.4, -0.2) is 115 Å². The van der Waals surface area contributed by atoms with Crippen molar-refractivity contribution >= 4 is 5.91 Å². The fourth-order valence-corrected chi connectivity index (χ4v) is 5.97. The van der Waals surface area contributed by atoms with E-state index in [1.54, 1.807) is 0 Å². The van der Waals surface area contributed by atoms with Crippen LogP contribution in [0.15, 0.2) is 30.3 Å². The maximum Gasteiger partial charge on any atom is 0.222 e. The molecule has 0 aliphatic carbocycles. The molecule has 0 spiro atoms. The van der Waals surface area contributed by atoms with Gasteiger partial charge >= 0.3 is 0 Å². The van der Waals surface area contributed by atoms with Crippen molar-refractivity contribution in [2.45, 2.75) is 44.7 Å². The molecule has 190 valence electrons. The Morgan fingerprint density at radius 1 is 0.941 bits per heavy atom. The number of likely N-dealkylation sites (tertiary alicyclic amines) is 2. The van der Waals surface area contributed by atoms with Crippen LogP contribution in [0.4, 0.5) is 0 Å². The highest BCUT2D eigenvalue weighted by Gasteiger charge is 2.35. The van der Waals surface area contributed by atoms with Gasteiger partial charge in [-0.3, -0.25) is 14.6 Å². The summed E-state index contributed by atoms with van der Waals surface area (Å²) in [5.74, 6) is 0.904. The summed E-state index contributed by atoms with van der Waals surface area (Å²) in [6.07, 6.45) is 5.55. The summed E-state index contributed by atoms with van der Waals surface area (Å²) in [4.78, 5) is 22.8. The van der Waals surface area contributed by atoms with Crippen LogP contribution in [0, 0.1) is 5.92 Å². The molecule has 1 aromatic carbocycles. The predicted octanol–water partition coefficient (Wildman–Crippen LogP) is 1.91. The average Bonchev–Trinajstić information content (AvgIpc) is 3.41. The highest BCUT2D eigenvalue weighted by Crippen LogP contribution is 2.30. The van der Waals surface area contributed by atoms with E-state index < -0.39 is 0 Å². The molecule has 1 N–H and O–H groups in total. The molecular weight excluding hydrogens is 428 g/mol. The van der Waals surface area contributed by atoms with Crippen molar-refractivity contribution in [2.75, 3.05) is 78.7 Å². The maximum absolute atomic E-state index is 13.1. The fourth-order valence-electron chi connectivity index (χ4n) is 5.97. The van der Waals surface area contributed by atoms with Crippen LogP contribution in [-0.2, 0) is 16.1 Å². The van der Waals surface area contributed by atoms with Gasteiger partial charge in [0, 0.05) is 58.3 Å². The SMILES string of the molecule is O=C(CC[C@H]1CN(Cc2ccccc2)CC[C@H]1N1CCCC1)N1CCN(CCOCCO)CC1. The third kappa shape index (κ3) is 7.49. The molecule has 7 nitrogen and oxygen atoms in total. The van der Waals surface area contributed by atoms with Gasteiger partial charge in [0.05, 0.1) is 19.8 Å². The number of piperazine rings is 1. The van der Waals surface area contributed by atoms with E-state index in [-0.39, 0.29) is 6.61 Å². The first-order chi connectivity index (χ1) is 16.7. The Kier molecular flexibility index (Phi) is 10.2. The van der Waals surface area contributed by atoms with Crippen molar-refractivity contribution in [3.63, 3.8) is 0 Å².